The number of hydrogen-bond acceptors (Lipinski definition) is 5. The molecule has 2 rings (SSSR count). The third-order valence-electron chi connectivity index (χ3n) is 4.04. The number of nitrogens with zero attached hydrogens (tertiary/aromatic N) is 2. The predicted molar refractivity (Wildman–Crippen MR) is 109 cm³/mol. The molecule has 1 amide bonds. The summed E-state index contributed by atoms with van der Waals surface area (Å²) in [7, 11) is 1.67. The van der Waals surface area contributed by atoms with Crippen molar-refractivity contribution >= 4 is 15.9 Å². The summed E-state index contributed by atoms with van der Waals surface area (Å²) in [6.07, 6.45) is 0. The summed E-state index contributed by atoms with van der Waals surface area (Å²) < 4.78 is 31.5. The Morgan fingerprint density at radius 2 is 1.64 bits per heavy atom. The Labute approximate surface area is 167 Å². The van der Waals surface area contributed by atoms with Crippen LogP contribution in [0.3, 0.4) is 0 Å². The number of hydrogen-bond donors (Lipinski definition) is 1. The Hall–Kier alpha value is -2.42. The molecule has 2 aromatic rings. The van der Waals surface area contributed by atoms with Crippen molar-refractivity contribution in [1.82, 2.24) is 14.5 Å². The fourth-order valence-electron chi connectivity index (χ4n) is 2.37. The van der Waals surface area contributed by atoms with Gasteiger partial charge < -0.3 is 15.0 Å². The summed E-state index contributed by atoms with van der Waals surface area (Å²) in [4.78, 5) is 14.3. The number of carbonyl (C=O) groups excluding carboxylic acids is 1. The minimum Gasteiger partial charge on any atom is -0.492 e. The Bertz CT molecular complexity index is 853. The largest absolute Gasteiger partial charge is 0.492 e. The van der Waals surface area contributed by atoms with Crippen molar-refractivity contribution < 1.29 is 17.9 Å². The zero-order valence-corrected chi connectivity index (χ0v) is 17.3. The number of likely N-dealkylation sites (N-methyl/N-ethyl adjacent to an activating group) is 2. The second-order valence-corrected chi connectivity index (χ2v) is 8.69. The highest BCUT2D eigenvalue weighted by atomic mass is 32.2. The van der Waals surface area contributed by atoms with Crippen molar-refractivity contribution in [2.75, 3.05) is 40.8 Å². The molecule has 1 N–H and O–H groups in total. The average Bonchev–Trinajstić information content (AvgIpc) is 2.67. The van der Waals surface area contributed by atoms with Crippen molar-refractivity contribution in [2.45, 2.75) is 11.4 Å². The minimum atomic E-state index is -3.69. The van der Waals surface area contributed by atoms with Gasteiger partial charge in [0.15, 0.2) is 0 Å². The zero-order chi connectivity index (χ0) is 20.6. The first-order valence-corrected chi connectivity index (χ1v) is 10.4. The van der Waals surface area contributed by atoms with Gasteiger partial charge in [-0.2, -0.15) is 4.31 Å². The SMILES string of the molecule is CN(C)CCOc1ccc(CNC(=O)CN(C)S(=O)(=O)c2ccccc2)cc1. The fourth-order valence-corrected chi connectivity index (χ4v) is 3.51. The van der Waals surface area contributed by atoms with Gasteiger partial charge in [-0.3, -0.25) is 4.79 Å². The van der Waals surface area contributed by atoms with Crippen LogP contribution < -0.4 is 10.1 Å². The summed E-state index contributed by atoms with van der Waals surface area (Å²) in [6.45, 7) is 1.50. The molecule has 28 heavy (non-hydrogen) atoms. The van der Waals surface area contributed by atoms with Gasteiger partial charge in [0.05, 0.1) is 11.4 Å². The van der Waals surface area contributed by atoms with E-state index in [-0.39, 0.29) is 17.3 Å². The summed E-state index contributed by atoms with van der Waals surface area (Å²) in [5.74, 6) is 0.402. The maximum Gasteiger partial charge on any atom is 0.243 e. The van der Waals surface area contributed by atoms with E-state index < -0.39 is 10.0 Å². The molecule has 0 aliphatic carbocycles. The van der Waals surface area contributed by atoms with Crippen LogP contribution in [0.4, 0.5) is 0 Å². The van der Waals surface area contributed by atoms with E-state index in [9.17, 15) is 13.2 Å². The lowest BCUT2D eigenvalue weighted by atomic mass is 10.2. The standard InChI is InChI=1S/C20H27N3O4S/c1-22(2)13-14-27-18-11-9-17(10-12-18)15-21-20(24)16-23(3)28(25,26)19-7-5-4-6-8-19/h4-12H,13-16H2,1-3H3,(H,21,24). The van der Waals surface area contributed by atoms with Crippen LogP contribution in [0.25, 0.3) is 0 Å². The van der Waals surface area contributed by atoms with E-state index in [4.69, 9.17) is 4.74 Å². The normalized spacial score (nSPS) is 11.6. The molecule has 8 heteroatoms. The lowest BCUT2D eigenvalue weighted by Crippen LogP contribution is -2.38. The molecule has 2 aromatic carbocycles. The monoisotopic (exact) mass is 405 g/mol. The maximum absolute atomic E-state index is 12.4. The first-order chi connectivity index (χ1) is 13.3. The van der Waals surface area contributed by atoms with Crippen LogP contribution >= 0.6 is 0 Å². The van der Waals surface area contributed by atoms with Gasteiger partial charge in [-0.15, -0.1) is 0 Å². The second-order valence-electron chi connectivity index (χ2n) is 6.65. The molecule has 0 heterocycles. The molecule has 152 valence electrons. The minimum absolute atomic E-state index is 0.162. The number of benzene rings is 2. The topological polar surface area (TPSA) is 79.0 Å². The van der Waals surface area contributed by atoms with E-state index in [0.717, 1.165) is 22.2 Å². The fraction of sp³-hybridized carbons (Fsp3) is 0.350. The maximum atomic E-state index is 12.4. The Morgan fingerprint density at radius 1 is 1.00 bits per heavy atom. The third-order valence-corrected chi connectivity index (χ3v) is 5.86. The van der Waals surface area contributed by atoms with Gasteiger partial charge in [0.25, 0.3) is 0 Å². The number of nitrogens with one attached hydrogen (secondary N) is 1. The molecule has 0 saturated heterocycles. The van der Waals surface area contributed by atoms with E-state index in [1.54, 1.807) is 18.2 Å². The highest BCUT2D eigenvalue weighted by Crippen LogP contribution is 2.14. The van der Waals surface area contributed by atoms with Crippen molar-refractivity contribution in [3.05, 3.63) is 60.2 Å². The van der Waals surface area contributed by atoms with E-state index in [2.05, 4.69) is 5.32 Å². The Balaban J connectivity index is 1.82. The molecule has 0 aliphatic heterocycles. The van der Waals surface area contributed by atoms with Gasteiger partial charge in [-0.05, 0) is 43.9 Å². The van der Waals surface area contributed by atoms with Crippen molar-refractivity contribution in [1.29, 1.82) is 0 Å². The van der Waals surface area contributed by atoms with Gasteiger partial charge in [0.1, 0.15) is 12.4 Å². The van der Waals surface area contributed by atoms with Crippen LogP contribution in [0.5, 0.6) is 5.75 Å². The van der Waals surface area contributed by atoms with Crippen molar-refractivity contribution in [3.8, 4) is 5.75 Å². The van der Waals surface area contributed by atoms with Crippen molar-refractivity contribution in [2.24, 2.45) is 0 Å². The van der Waals surface area contributed by atoms with Crippen LogP contribution in [0.1, 0.15) is 5.56 Å². The highest BCUT2D eigenvalue weighted by Gasteiger charge is 2.22. The van der Waals surface area contributed by atoms with Gasteiger partial charge in [-0.1, -0.05) is 30.3 Å². The molecule has 0 bridgehead atoms. The Kier molecular flexibility index (Phi) is 7.98. The molecule has 0 atom stereocenters. The highest BCUT2D eigenvalue weighted by molar-refractivity contribution is 7.89. The van der Waals surface area contributed by atoms with E-state index in [1.165, 1.54) is 19.2 Å². The number of rotatable bonds is 10. The first kappa shape index (κ1) is 21.9. The molecule has 0 saturated carbocycles. The molecular weight excluding hydrogens is 378 g/mol. The molecular formula is C20H27N3O4S. The van der Waals surface area contributed by atoms with Crippen LogP contribution in [0.2, 0.25) is 0 Å². The zero-order valence-electron chi connectivity index (χ0n) is 16.5. The van der Waals surface area contributed by atoms with E-state index in [0.29, 0.717) is 13.2 Å². The smallest absolute Gasteiger partial charge is 0.243 e. The van der Waals surface area contributed by atoms with E-state index >= 15 is 0 Å². The summed E-state index contributed by atoms with van der Waals surface area (Å²) >= 11 is 0. The summed E-state index contributed by atoms with van der Waals surface area (Å²) in [5, 5.41) is 2.74. The molecule has 0 fully saturated rings. The summed E-state index contributed by atoms with van der Waals surface area (Å²) in [6, 6.07) is 15.5. The van der Waals surface area contributed by atoms with Gasteiger partial charge in [-0.25, -0.2) is 8.42 Å². The van der Waals surface area contributed by atoms with E-state index in [1.807, 2.05) is 43.3 Å². The molecule has 0 unspecified atom stereocenters. The van der Waals surface area contributed by atoms with Crippen LogP contribution in [0, 0.1) is 0 Å². The molecule has 0 radical (unpaired) electrons. The molecule has 7 nitrogen and oxygen atoms in total. The van der Waals surface area contributed by atoms with Crippen LogP contribution in [0.15, 0.2) is 59.5 Å². The summed E-state index contributed by atoms with van der Waals surface area (Å²) in [5.41, 5.74) is 0.905. The van der Waals surface area contributed by atoms with Crippen LogP contribution in [-0.2, 0) is 21.4 Å². The second kappa shape index (κ2) is 10.2. The predicted octanol–water partition coefficient (Wildman–Crippen LogP) is 1.56. The van der Waals surface area contributed by atoms with Gasteiger partial charge in [0, 0.05) is 20.1 Å². The quantitative estimate of drug-likeness (QED) is 0.649. The first-order valence-electron chi connectivity index (χ1n) is 8.93. The lowest BCUT2D eigenvalue weighted by Gasteiger charge is -2.17. The lowest BCUT2D eigenvalue weighted by molar-refractivity contribution is -0.121. The van der Waals surface area contributed by atoms with Gasteiger partial charge >= 0.3 is 0 Å². The number of carbonyl (C=O) groups is 1. The average molecular weight is 406 g/mol. The van der Waals surface area contributed by atoms with Crippen molar-refractivity contribution in [3.63, 3.8) is 0 Å². The van der Waals surface area contributed by atoms with Gasteiger partial charge in [0.2, 0.25) is 15.9 Å². The third kappa shape index (κ3) is 6.63. The number of ether oxygens (including phenoxy) is 1. The van der Waals surface area contributed by atoms with Crippen LogP contribution in [-0.4, -0.2) is 64.4 Å². The number of amides is 1. The number of sulfonamides is 1. The Morgan fingerprint density at radius 3 is 2.25 bits per heavy atom. The molecule has 0 aliphatic rings. The molecule has 0 spiro atoms. The molecule has 0 aromatic heterocycles.